The second-order valence-electron chi connectivity index (χ2n) is 1.78. The number of aromatic nitrogens is 1. The Bertz CT molecular complexity index is 250. The fourth-order valence-corrected chi connectivity index (χ4v) is 0.722. The van der Waals surface area contributed by atoms with E-state index in [1.54, 1.807) is 12.3 Å². The third-order valence-corrected chi connectivity index (χ3v) is 1.18. The van der Waals surface area contributed by atoms with Crippen LogP contribution in [0.1, 0.15) is 16.1 Å². The van der Waals surface area contributed by atoms with Crippen LogP contribution < -0.4 is 0 Å². The summed E-state index contributed by atoms with van der Waals surface area (Å²) >= 11 is 0. The van der Waals surface area contributed by atoms with E-state index in [2.05, 4.69) is 4.98 Å². The molecule has 0 saturated heterocycles. The molecule has 0 aromatic carbocycles. The van der Waals surface area contributed by atoms with E-state index in [4.69, 9.17) is 5.11 Å². The molecule has 1 rings (SSSR count). The summed E-state index contributed by atoms with van der Waals surface area (Å²) in [5.41, 5.74) is 1.17. The van der Waals surface area contributed by atoms with Gasteiger partial charge in [0.05, 0.1) is 12.0 Å². The zero-order valence-electron chi connectivity index (χ0n) is 5.24. The van der Waals surface area contributed by atoms with Gasteiger partial charge < -0.3 is 10.1 Å². The minimum Gasteiger partial charge on any atom is -0.516 e. The molecule has 0 spiro atoms. The number of nitrogens with one attached hydrogen (secondary N) is 1. The van der Waals surface area contributed by atoms with Crippen molar-refractivity contribution in [1.82, 2.24) is 4.98 Å². The first kappa shape index (κ1) is 6.61. The number of carbonyl (C=O) groups excluding carboxylic acids is 1. The van der Waals surface area contributed by atoms with Crippen molar-refractivity contribution < 1.29 is 9.90 Å². The molecular formula is C7H7NO2. The first-order valence-corrected chi connectivity index (χ1v) is 2.82. The highest BCUT2D eigenvalue weighted by Crippen LogP contribution is 2.04. The van der Waals surface area contributed by atoms with Gasteiger partial charge in [-0.25, -0.2) is 0 Å². The summed E-state index contributed by atoms with van der Waals surface area (Å²) in [7, 11) is 0. The topological polar surface area (TPSA) is 53.1 Å². The molecule has 0 radical (unpaired) electrons. The van der Waals surface area contributed by atoms with Crippen LogP contribution in [0, 0.1) is 0 Å². The molecule has 0 unspecified atom stereocenters. The molecular weight excluding hydrogens is 130 g/mol. The SMILES string of the molecule is O=Cc1[nH]ccc1/C=C/O. The Balaban J connectivity index is 3.00. The smallest absolute Gasteiger partial charge is 0.166 e. The highest BCUT2D eigenvalue weighted by atomic mass is 16.2. The van der Waals surface area contributed by atoms with Crippen molar-refractivity contribution in [2.75, 3.05) is 0 Å². The fourth-order valence-electron chi connectivity index (χ4n) is 0.722. The molecule has 0 amide bonds. The molecule has 0 atom stereocenters. The maximum atomic E-state index is 10.2. The van der Waals surface area contributed by atoms with Crippen LogP contribution in [0.5, 0.6) is 0 Å². The molecule has 2 N–H and O–H groups in total. The number of aliphatic hydroxyl groups excluding tert-OH is 1. The van der Waals surface area contributed by atoms with Crippen molar-refractivity contribution in [3.8, 4) is 0 Å². The Morgan fingerprint density at radius 3 is 3.00 bits per heavy atom. The van der Waals surface area contributed by atoms with E-state index in [9.17, 15) is 4.79 Å². The van der Waals surface area contributed by atoms with Gasteiger partial charge in [0.1, 0.15) is 0 Å². The zero-order valence-corrected chi connectivity index (χ0v) is 5.24. The molecule has 0 aliphatic rings. The highest BCUT2D eigenvalue weighted by molar-refractivity contribution is 5.79. The Morgan fingerprint density at radius 1 is 1.60 bits per heavy atom. The van der Waals surface area contributed by atoms with Crippen LogP contribution in [-0.4, -0.2) is 16.4 Å². The minimum absolute atomic E-state index is 0.477. The number of rotatable bonds is 2. The monoisotopic (exact) mass is 137 g/mol. The Hall–Kier alpha value is -1.51. The predicted molar refractivity (Wildman–Crippen MR) is 37.8 cm³/mol. The number of aldehydes is 1. The third-order valence-electron chi connectivity index (χ3n) is 1.18. The van der Waals surface area contributed by atoms with Crippen molar-refractivity contribution in [2.24, 2.45) is 0 Å². The van der Waals surface area contributed by atoms with E-state index in [1.807, 2.05) is 0 Å². The molecule has 3 nitrogen and oxygen atoms in total. The fraction of sp³-hybridized carbons (Fsp3) is 0. The average molecular weight is 137 g/mol. The first-order valence-electron chi connectivity index (χ1n) is 2.82. The number of hydrogen-bond acceptors (Lipinski definition) is 2. The lowest BCUT2D eigenvalue weighted by Gasteiger charge is -1.84. The van der Waals surface area contributed by atoms with Crippen molar-refractivity contribution in [3.63, 3.8) is 0 Å². The lowest BCUT2D eigenvalue weighted by molar-refractivity contribution is 0.111. The Kier molecular flexibility index (Phi) is 1.89. The van der Waals surface area contributed by atoms with Gasteiger partial charge in [0.15, 0.2) is 6.29 Å². The summed E-state index contributed by atoms with van der Waals surface area (Å²) in [5, 5.41) is 8.35. The minimum atomic E-state index is 0.477. The summed E-state index contributed by atoms with van der Waals surface area (Å²) in [5.74, 6) is 0. The summed E-state index contributed by atoms with van der Waals surface area (Å²) in [6, 6.07) is 1.70. The molecule has 0 bridgehead atoms. The lowest BCUT2D eigenvalue weighted by Crippen LogP contribution is -1.80. The second kappa shape index (κ2) is 2.87. The molecule has 0 saturated carbocycles. The molecule has 52 valence electrons. The summed E-state index contributed by atoms with van der Waals surface area (Å²) in [6.07, 6.45) is 4.69. The maximum Gasteiger partial charge on any atom is 0.166 e. The van der Waals surface area contributed by atoms with Crippen LogP contribution in [0.2, 0.25) is 0 Å². The van der Waals surface area contributed by atoms with Gasteiger partial charge >= 0.3 is 0 Å². The van der Waals surface area contributed by atoms with Gasteiger partial charge in [-0.2, -0.15) is 0 Å². The Labute approximate surface area is 58.0 Å². The standard InChI is InChI=1S/C7H7NO2/c9-4-2-6-1-3-8-7(6)5-10/h1-5,8-9H/b4-2+. The largest absolute Gasteiger partial charge is 0.516 e. The number of hydrogen-bond donors (Lipinski definition) is 2. The van der Waals surface area contributed by atoms with Gasteiger partial charge in [-0.15, -0.1) is 0 Å². The van der Waals surface area contributed by atoms with Gasteiger partial charge in [0, 0.05) is 11.8 Å². The highest BCUT2D eigenvalue weighted by Gasteiger charge is 1.95. The summed E-state index contributed by atoms with van der Waals surface area (Å²) < 4.78 is 0. The van der Waals surface area contributed by atoms with Gasteiger partial charge in [0.25, 0.3) is 0 Å². The molecule has 1 aromatic rings. The molecule has 1 aromatic heterocycles. The van der Waals surface area contributed by atoms with Crippen LogP contribution in [0.25, 0.3) is 6.08 Å². The van der Waals surface area contributed by atoms with E-state index in [-0.39, 0.29) is 0 Å². The number of aromatic amines is 1. The zero-order chi connectivity index (χ0) is 7.40. The van der Waals surface area contributed by atoms with Crippen LogP contribution >= 0.6 is 0 Å². The van der Waals surface area contributed by atoms with Crippen molar-refractivity contribution in [1.29, 1.82) is 0 Å². The van der Waals surface area contributed by atoms with Gasteiger partial charge in [0.2, 0.25) is 0 Å². The second-order valence-corrected chi connectivity index (χ2v) is 1.78. The average Bonchev–Trinajstić information content (AvgIpc) is 2.36. The molecule has 0 aliphatic carbocycles. The van der Waals surface area contributed by atoms with E-state index in [0.29, 0.717) is 17.5 Å². The summed E-state index contributed by atoms with van der Waals surface area (Å²) in [6.45, 7) is 0. The lowest BCUT2D eigenvalue weighted by atomic mass is 10.2. The molecule has 3 heteroatoms. The van der Waals surface area contributed by atoms with Crippen molar-refractivity contribution in [2.45, 2.75) is 0 Å². The molecule has 0 fully saturated rings. The normalized spacial score (nSPS) is 10.4. The van der Waals surface area contributed by atoms with E-state index in [0.717, 1.165) is 6.26 Å². The van der Waals surface area contributed by atoms with Crippen molar-refractivity contribution >= 4 is 12.4 Å². The molecule has 0 aliphatic heterocycles. The molecule has 1 heterocycles. The van der Waals surface area contributed by atoms with Crippen molar-refractivity contribution in [3.05, 3.63) is 29.8 Å². The first-order chi connectivity index (χ1) is 4.88. The van der Waals surface area contributed by atoms with Gasteiger partial charge in [-0.3, -0.25) is 4.79 Å². The van der Waals surface area contributed by atoms with E-state index >= 15 is 0 Å². The number of H-pyrrole nitrogens is 1. The van der Waals surface area contributed by atoms with Crippen LogP contribution in [0.3, 0.4) is 0 Å². The predicted octanol–water partition coefficient (Wildman–Crippen LogP) is 1.36. The molecule has 10 heavy (non-hydrogen) atoms. The quantitative estimate of drug-likeness (QED) is 0.477. The van der Waals surface area contributed by atoms with Gasteiger partial charge in [-0.05, 0) is 12.1 Å². The van der Waals surface area contributed by atoms with Gasteiger partial charge in [-0.1, -0.05) is 0 Å². The third kappa shape index (κ3) is 1.07. The van der Waals surface area contributed by atoms with E-state index < -0.39 is 0 Å². The summed E-state index contributed by atoms with van der Waals surface area (Å²) in [4.78, 5) is 12.9. The van der Waals surface area contributed by atoms with Crippen LogP contribution in [0.4, 0.5) is 0 Å². The maximum absolute atomic E-state index is 10.2. The number of carbonyl (C=O) groups is 1. The van der Waals surface area contributed by atoms with Crippen LogP contribution in [0.15, 0.2) is 18.5 Å². The number of aliphatic hydroxyl groups is 1. The van der Waals surface area contributed by atoms with E-state index in [1.165, 1.54) is 6.08 Å². The van der Waals surface area contributed by atoms with Crippen LogP contribution in [-0.2, 0) is 0 Å². The Morgan fingerprint density at radius 2 is 2.40 bits per heavy atom.